The van der Waals surface area contributed by atoms with Crippen LogP contribution < -0.4 is 20.5 Å². The maximum Gasteiger partial charge on any atom is 0.251 e. The molecule has 5 rings (SSSR count). The number of nitrogens with zero attached hydrogens (tertiary/aromatic N) is 2. The van der Waals surface area contributed by atoms with Gasteiger partial charge in [0.1, 0.15) is 11.5 Å². The Bertz CT molecular complexity index is 1580. The molecule has 0 bridgehead atoms. The summed E-state index contributed by atoms with van der Waals surface area (Å²) in [6.45, 7) is 6.76. The van der Waals surface area contributed by atoms with Gasteiger partial charge in [0.05, 0.1) is 23.2 Å². The van der Waals surface area contributed by atoms with E-state index >= 15 is 0 Å². The van der Waals surface area contributed by atoms with Crippen molar-refractivity contribution in [2.75, 3.05) is 38.6 Å². The number of anilines is 1. The number of methoxy groups -OCH3 is 1. The second-order valence-corrected chi connectivity index (χ2v) is 13.7. The van der Waals surface area contributed by atoms with Gasteiger partial charge in [-0.05, 0) is 61.7 Å². The van der Waals surface area contributed by atoms with Gasteiger partial charge < -0.3 is 20.5 Å². The van der Waals surface area contributed by atoms with Crippen molar-refractivity contribution in [1.29, 1.82) is 0 Å². The lowest BCUT2D eigenvalue weighted by Gasteiger charge is -2.42. The van der Waals surface area contributed by atoms with E-state index in [9.17, 15) is 13.2 Å². The zero-order valence-electron chi connectivity index (χ0n) is 26.2. The molecule has 3 aromatic carbocycles. The van der Waals surface area contributed by atoms with Gasteiger partial charge in [-0.25, -0.2) is 8.42 Å². The highest BCUT2D eigenvalue weighted by Gasteiger charge is 2.28. The molecule has 240 valence electrons. The molecule has 3 aromatic rings. The Balaban J connectivity index is 1.16. The zero-order chi connectivity index (χ0) is 31.8. The summed E-state index contributed by atoms with van der Waals surface area (Å²) in [5.41, 5.74) is 8.18. The van der Waals surface area contributed by atoms with Crippen LogP contribution in [0.25, 0.3) is 0 Å². The lowest BCUT2D eigenvalue weighted by atomic mass is 9.93. The van der Waals surface area contributed by atoms with Crippen LogP contribution in [-0.2, 0) is 21.2 Å². The average Bonchev–Trinajstić information content (AvgIpc) is 3.08. The van der Waals surface area contributed by atoms with Crippen LogP contribution in [0.3, 0.4) is 0 Å². The second-order valence-electron chi connectivity index (χ2n) is 11.7. The first-order valence-electron chi connectivity index (χ1n) is 15.7. The molecule has 1 unspecified atom stereocenters. The summed E-state index contributed by atoms with van der Waals surface area (Å²) in [4.78, 5) is 17.9. The second kappa shape index (κ2) is 15.1. The Morgan fingerprint density at radius 1 is 0.978 bits per heavy atom. The average molecular weight is 633 g/mol. The summed E-state index contributed by atoms with van der Waals surface area (Å²) < 4.78 is 37.8. The quantitative estimate of drug-likeness (QED) is 0.210. The van der Waals surface area contributed by atoms with Crippen LogP contribution >= 0.6 is 0 Å². The van der Waals surface area contributed by atoms with Gasteiger partial charge in [-0.15, -0.1) is 0 Å². The predicted octanol–water partition coefficient (Wildman–Crippen LogP) is 5.53. The SMILES string of the molecule is COc1cc(NC(=O)C=COc2cccc(S(=O)(=O)c3ccc(C(C)N4CCN(C5CCCCC5)CC4)cc3)c2)ccc1CN. The fraction of sp³-hybridized carbons (Fsp3) is 0.400. The van der Waals surface area contributed by atoms with Crippen molar-refractivity contribution in [2.45, 2.75) is 67.4 Å². The molecular formula is C35H44N4O5S. The van der Waals surface area contributed by atoms with E-state index in [0.29, 0.717) is 23.7 Å². The number of carbonyl (C=O) groups is 1. The molecule has 9 nitrogen and oxygen atoms in total. The highest BCUT2D eigenvalue weighted by atomic mass is 32.2. The maximum atomic E-state index is 13.5. The normalized spacial score (nSPS) is 17.7. The minimum atomic E-state index is -3.77. The van der Waals surface area contributed by atoms with Gasteiger partial charge in [0.25, 0.3) is 5.91 Å². The number of sulfone groups is 1. The molecule has 1 atom stereocenters. The molecule has 2 aliphatic rings. The third-order valence-corrected chi connectivity index (χ3v) is 10.7. The van der Waals surface area contributed by atoms with E-state index in [4.69, 9.17) is 15.2 Å². The lowest BCUT2D eigenvalue weighted by molar-refractivity contribution is -0.112. The van der Waals surface area contributed by atoms with Crippen LogP contribution in [0, 0.1) is 0 Å². The Labute approximate surface area is 266 Å². The van der Waals surface area contributed by atoms with Gasteiger partial charge in [-0.1, -0.05) is 43.5 Å². The summed E-state index contributed by atoms with van der Waals surface area (Å²) in [5.74, 6) is 0.467. The third-order valence-electron chi connectivity index (χ3n) is 8.97. The molecular weight excluding hydrogens is 588 g/mol. The number of benzene rings is 3. The molecule has 45 heavy (non-hydrogen) atoms. The Hall–Kier alpha value is -3.70. The van der Waals surface area contributed by atoms with Gasteiger partial charge in [-0.2, -0.15) is 0 Å². The first-order chi connectivity index (χ1) is 21.8. The maximum absolute atomic E-state index is 13.5. The lowest BCUT2D eigenvalue weighted by Crippen LogP contribution is -2.51. The Morgan fingerprint density at radius 2 is 1.71 bits per heavy atom. The van der Waals surface area contributed by atoms with Crippen LogP contribution in [0.15, 0.2) is 88.9 Å². The minimum absolute atomic E-state index is 0.115. The number of nitrogens with two attached hydrogens (primary N) is 1. The molecule has 0 aromatic heterocycles. The van der Waals surface area contributed by atoms with Crippen molar-refractivity contribution in [3.05, 3.63) is 90.2 Å². The van der Waals surface area contributed by atoms with E-state index in [-0.39, 0.29) is 15.8 Å². The van der Waals surface area contributed by atoms with Gasteiger partial charge in [0.2, 0.25) is 9.84 Å². The number of hydrogen-bond acceptors (Lipinski definition) is 8. The molecule has 0 radical (unpaired) electrons. The first-order valence-corrected chi connectivity index (χ1v) is 17.2. The summed E-state index contributed by atoms with van der Waals surface area (Å²) in [6, 6.07) is 19.6. The molecule has 1 saturated carbocycles. The number of hydrogen-bond donors (Lipinski definition) is 2. The summed E-state index contributed by atoms with van der Waals surface area (Å²) >= 11 is 0. The summed E-state index contributed by atoms with van der Waals surface area (Å²) in [7, 11) is -2.23. The highest BCUT2D eigenvalue weighted by Crippen LogP contribution is 2.29. The standard InChI is InChI=1S/C35H44N4O5S/c1-26(38-18-20-39(21-19-38)30-7-4-3-5-8-30)27-12-15-32(16-13-27)45(41,42)33-10-6-9-31(24-33)44-22-17-35(40)37-29-14-11-28(25-36)34(23-29)43-2/h6,9-17,22-24,26,30H,3-5,7-8,18-21,25,36H2,1-2H3,(H,37,40). The first kappa shape index (κ1) is 32.7. The fourth-order valence-electron chi connectivity index (χ4n) is 6.27. The molecule has 1 heterocycles. The van der Waals surface area contributed by atoms with Gasteiger partial charge in [0, 0.05) is 68.2 Å². The topological polar surface area (TPSA) is 114 Å². The van der Waals surface area contributed by atoms with Gasteiger partial charge in [0.15, 0.2) is 0 Å². The van der Waals surface area contributed by atoms with E-state index in [2.05, 4.69) is 22.0 Å². The van der Waals surface area contributed by atoms with Crippen LogP contribution in [-0.4, -0.2) is 63.5 Å². The monoisotopic (exact) mass is 632 g/mol. The molecule has 3 N–H and O–H groups in total. The number of piperazine rings is 1. The van der Waals surface area contributed by atoms with Crippen molar-refractivity contribution in [3.63, 3.8) is 0 Å². The van der Waals surface area contributed by atoms with E-state index < -0.39 is 15.7 Å². The fourth-order valence-corrected chi connectivity index (χ4v) is 7.57. The number of rotatable bonds is 11. The van der Waals surface area contributed by atoms with Crippen molar-refractivity contribution in [3.8, 4) is 11.5 Å². The molecule has 1 aliphatic heterocycles. The molecule has 0 spiro atoms. The Morgan fingerprint density at radius 3 is 2.40 bits per heavy atom. The van der Waals surface area contributed by atoms with Crippen LogP contribution in [0.1, 0.15) is 56.2 Å². The van der Waals surface area contributed by atoms with E-state index in [1.54, 1.807) is 48.5 Å². The third kappa shape index (κ3) is 8.12. The number of nitrogens with one attached hydrogen (secondary N) is 1. The predicted molar refractivity (Wildman–Crippen MR) is 176 cm³/mol. The van der Waals surface area contributed by atoms with E-state index in [1.807, 2.05) is 12.1 Å². The van der Waals surface area contributed by atoms with E-state index in [1.165, 1.54) is 57.6 Å². The highest BCUT2D eigenvalue weighted by molar-refractivity contribution is 7.91. The van der Waals surface area contributed by atoms with Gasteiger partial charge in [-0.3, -0.25) is 14.6 Å². The molecule has 2 fully saturated rings. The number of ether oxygens (including phenoxy) is 2. The van der Waals surface area contributed by atoms with E-state index in [0.717, 1.165) is 43.3 Å². The molecule has 1 aliphatic carbocycles. The van der Waals surface area contributed by atoms with Crippen LogP contribution in [0.4, 0.5) is 5.69 Å². The van der Waals surface area contributed by atoms with Crippen LogP contribution in [0.2, 0.25) is 0 Å². The number of carbonyl (C=O) groups excluding carboxylic acids is 1. The van der Waals surface area contributed by atoms with Crippen molar-refractivity contribution in [1.82, 2.24) is 9.80 Å². The molecule has 10 heteroatoms. The summed E-state index contributed by atoms with van der Waals surface area (Å²) in [5, 5.41) is 2.73. The summed E-state index contributed by atoms with van der Waals surface area (Å²) in [6.07, 6.45) is 9.18. The largest absolute Gasteiger partial charge is 0.496 e. The van der Waals surface area contributed by atoms with Crippen molar-refractivity contribution < 1.29 is 22.7 Å². The Kier molecular flexibility index (Phi) is 10.9. The molecule has 1 amide bonds. The number of amides is 1. The smallest absolute Gasteiger partial charge is 0.251 e. The minimum Gasteiger partial charge on any atom is -0.496 e. The van der Waals surface area contributed by atoms with Crippen molar-refractivity contribution >= 4 is 21.4 Å². The molecule has 1 saturated heterocycles. The van der Waals surface area contributed by atoms with Crippen molar-refractivity contribution in [2.24, 2.45) is 5.73 Å². The zero-order valence-corrected chi connectivity index (χ0v) is 27.0. The van der Waals surface area contributed by atoms with Gasteiger partial charge >= 0.3 is 0 Å². The van der Waals surface area contributed by atoms with Crippen LogP contribution in [0.5, 0.6) is 11.5 Å².